The van der Waals surface area contributed by atoms with E-state index in [9.17, 15) is 0 Å². The van der Waals surface area contributed by atoms with Crippen molar-refractivity contribution in [2.24, 2.45) is 0 Å². The molecule has 13 rings (SSSR count). The van der Waals surface area contributed by atoms with Crippen molar-refractivity contribution in [2.75, 3.05) is 0 Å². The second-order valence-corrected chi connectivity index (χ2v) is 15.3. The van der Waals surface area contributed by atoms with Gasteiger partial charge in [-0.05, 0) is 110 Å². The first-order valence-corrected chi connectivity index (χ1v) is 19.0. The number of fused-ring (bicyclic) bond motifs is 8. The minimum absolute atomic E-state index is 0.0378. The number of benzene rings is 9. The molecule has 248 valence electrons. The highest BCUT2D eigenvalue weighted by Crippen LogP contribution is 2.48. The molecule has 4 heterocycles. The highest BCUT2D eigenvalue weighted by atomic mass is 15.0. The molecule has 0 atom stereocenters. The largest absolute Gasteiger partial charge is 0.375 e. The fourth-order valence-electron chi connectivity index (χ4n) is 10.4. The number of para-hydroxylation sites is 2. The molecule has 2 aromatic heterocycles. The summed E-state index contributed by atoms with van der Waals surface area (Å²) in [5, 5.41) is 7.97. The normalized spacial score (nSPS) is 12.9. The van der Waals surface area contributed by atoms with Crippen LogP contribution in [0.2, 0.25) is 0 Å². The first-order chi connectivity index (χ1) is 26.7. The fourth-order valence-corrected chi connectivity index (χ4v) is 10.4. The molecular weight excluding hydrogens is 651 g/mol. The number of aromatic nitrogens is 2. The maximum absolute atomic E-state index is 2.67. The molecule has 0 aliphatic carbocycles. The Kier molecular flexibility index (Phi) is 5.42. The zero-order valence-corrected chi connectivity index (χ0v) is 29.6. The van der Waals surface area contributed by atoms with Crippen molar-refractivity contribution in [3.8, 4) is 50.2 Å². The molecule has 0 radical (unpaired) electrons. The molecule has 0 N–H and O–H groups in total. The van der Waals surface area contributed by atoms with Crippen LogP contribution in [-0.4, -0.2) is 15.9 Å². The lowest BCUT2D eigenvalue weighted by Crippen LogP contribution is -2.55. The average molecular weight is 683 g/mol. The van der Waals surface area contributed by atoms with Crippen LogP contribution in [-0.2, 0) is 0 Å². The zero-order chi connectivity index (χ0) is 35.2. The van der Waals surface area contributed by atoms with Gasteiger partial charge in [0, 0.05) is 43.8 Å². The molecule has 0 saturated carbocycles. The van der Waals surface area contributed by atoms with E-state index < -0.39 is 0 Å². The summed E-state index contributed by atoms with van der Waals surface area (Å²) in [6.07, 6.45) is 0. The monoisotopic (exact) mass is 682 g/mol. The maximum atomic E-state index is 2.67. The molecule has 0 amide bonds. The molecular formula is C51H31BN2. The summed E-state index contributed by atoms with van der Waals surface area (Å²) in [5.41, 5.74) is 20.7. The summed E-state index contributed by atoms with van der Waals surface area (Å²) < 4.78 is 5.29. The molecule has 0 bridgehead atoms. The van der Waals surface area contributed by atoms with Gasteiger partial charge in [0.25, 0.3) is 0 Å². The first kappa shape index (κ1) is 28.7. The Hall–Kier alpha value is -6.84. The molecule has 0 unspecified atom stereocenters. The number of hydrogen-bond donors (Lipinski definition) is 0. The molecule has 3 heteroatoms. The molecule has 9 aromatic carbocycles. The van der Waals surface area contributed by atoms with E-state index in [4.69, 9.17) is 0 Å². The zero-order valence-electron chi connectivity index (χ0n) is 29.6. The molecule has 2 nitrogen and oxygen atoms in total. The highest BCUT2D eigenvalue weighted by molar-refractivity contribution is 6.90. The van der Waals surface area contributed by atoms with Crippen LogP contribution in [0.4, 0.5) is 0 Å². The Morgan fingerprint density at radius 2 is 1.07 bits per heavy atom. The molecule has 54 heavy (non-hydrogen) atoms. The predicted molar refractivity (Wildman–Crippen MR) is 229 cm³/mol. The van der Waals surface area contributed by atoms with Crippen LogP contribution < -0.4 is 10.9 Å². The Bertz CT molecular complexity index is 3330. The second kappa shape index (κ2) is 10.2. The van der Waals surface area contributed by atoms with E-state index in [1.54, 1.807) is 0 Å². The minimum Gasteiger partial charge on any atom is -0.375 e. The van der Waals surface area contributed by atoms with Crippen LogP contribution in [0.5, 0.6) is 0 Å². The van der Waals surface area contributed by atoms with E-state index in [2.05, 4.69) is 186 Å². The van der Waals surface area contributed by atoms with Crippen molar-refractivity contribution in [1.29, 1.82) is 0 Å². The van der Waals surface area contributed by atoms with Crippen molar-refractivity contribution < 1.29 is 0 Å². The lowest BCUT2D eigenvalue weighted by Gasteiger charge is -2.35. The molecule has 11 aromatic rings. The first-order valence-electron chi connectivity index (χ1n) is 19.0. The lowest BCUT2D eigenvalue weighted by atomic mass is 9.45. The summed E-state index contributed by atoms with van der Waals surface area (Å²) in [7, 11) is 0. The van der Waals surface area contributed by atoms with E-state index in [1.807, 2.05) is 0 Å². The minimum atomic E-state index is 0.0378. The van der Waals surface area contributed by atoms with Gasteiger partial charge in [0.2, 0.25) is 0 Å². The molecule has 0 spiro atoms. The Labute approximate surface area is 312 Å². The molecule has 0 fully saturated rings. The van der Waals surface area contributed by atoms with E-state index in [1.165, 1.54) is 121 Å². The van der Waals surface area contributed by atoms with E-state index >= 15 is 0 Å². The van der Waals surface area contributed by atoms with Gasteiger partial charge in [-0.3, -0.25) is 0 Å². The topological polar surface area (TPSA) is 9.86 Å². The third kappa shape index (κ3) is 3.52. The van der Waals surface area contributed by atoms with Crippen LogP contribution in [0, 0.1) is 6.92 Å². The van der Waals surface area contributed by atoms with E-state index in [0.29, 0.717) is 0 Å². The Morgan fingerprint density at radius 3 is 1.85 bits per heavy atom. The lowest BCUT2D eigenvalue weighted by molar-refractivity contribution is 1.17. The van der Waals surface area contributed by atoms with Crippen LogP contribution in [0.15, 0.2) is 170 Å². The van der Waals surface area contributed by atoms with E-state index in [-0.39, 0.29) is 6.85 Å². The molecule has 2 aliphatic rings. The fraction of sp³-hybridized carbons (Fsp3) is 0.0196. The number of hydrogen-bond acceptors (Lipinski definition) is 0. The second-order valence-electron chi connectivity index (χ2n) is 15.3. The smallest absolute Gasteiger partial charge is 0.333 e. The highest BCUT2D eigenvalue weighted by Gasteiger charge is 2.42. The van der Waals surface area contributed by atoms with E-state index in [0.717, 1.165) is 0 Å². The summed E-state index contributed by atoms with van der Waals surface area (Å²) in [5.74, 6) is 0. The predicted octanol–water partition coefficient (Wildman–Crippen LogP) is 11.7. The average Bonchev–Trinajstić information content (AvgIpc) is 3.77. The van der Waals surface area contributed by atoms with Gasteiger partial charge in [-0.25, -0.2) is 0 Å². The quantitative estimate of drug-likeness (QED) is 0.130. The van der Waals surface area contributed by atoms with Crippen molar-refractivity contribution in [3.05, 3.63) is 175 Å². The summed E-state index contributed by atoms with van der Waals surface area (Å²) in [6, 6.07) is 63.6. The van der Waals surface area contributed by atoms with Gasteiger partial charge in [-0.15, -0.1) is 0 Å². The summed E-state index contributed by atoms with van der Waals surface area (Å²) in [6.45, 7) is 2.41. The Morgan fingerprint density at radius 1 is 0.444 bits per heavy atom. The molecule has 2 aliphatic heterocycles. The standard InChI is InChI=1S/C51H31BN2/c1-30-41(37-27-35(31-12-4-2-5-13-31)26-36(28-37)32-14-6-3-7-15-32)29-45-49-46(30)40-19-11-18-39-38-17-8-9-20-43(38)54(50(39)40)52(49)42-25-24-34-23-22-33-16-10-21-44-47(33)48(34)51(42)53(44)45/h2-29H,1H3. The maximum Gasteiger partial charge on any atom is 0.333 e. The van der Waals surface area contributed by atoms with Gasteiger partial charge in [0.1, 0.15) is 0 Å². The third-order valence-corrected chi connectivity index (χ3v) is 12.6. The van der Waals surface area contributed by atoms with Crippen LogP contribution in [0.1, 0.15) is 5.56 Å². The van der Waals surface area contributed by atoms with Crippen molar-refractivity contribution >= 4 is 72.2 Å². The van der Waals surface area contributed by atoms with Gasteiger partial charge in [0.05, 0.1) is 11.0 Å². The number of rotatable bonds is 3. The number of nitrogens with zero attached hydrogens (tertiary/aromatic N) is 2. The van der Waals surface area contributed by atoms with Gasteiger partial charge in [-0.2, -0.15) is 0 Å². The summed E-state index contributed by atoms with van der Waals surface area (Å²) in [4.78, 5) is 0. The van der Waals surface area contributed by atoms with Crippen LogP contribution in [0.25, 0.3) is 105 Å². The SMILES string of the molecule is Cc1c(-c2cc(-c3ccccc3)cc(-c3ccccc3)c2)cc2c3c1-c1cccc4c5ccccc5n(c14)B3c1ccc3ccc4cccc5c4c3c1n5-2. The van der Waals surface area contributed by atoms with Crippen LogP contribution in [0.3, 0.4) is 0 Å². The van der Waals surface area contributed by atoms with Crippen molar-refractivity contribution in [1.82, 2.24) is 9.05 Å². The van der Waals surface area contributed by atoms with Gasteiger partial charge in [0.15, 0.2) is 0 Å². The van der Waals surface area contributed by atoms with Crippen molar-refractivity contribution in [3.63, 3.8) is 0 Å². The van der Waals surface area contributed by atoms with Crippen LogP contribution >= 0.6 is 0 Å². The van der Waals surface area contributed by atoms with Gasteiger partial charge < -0.3 is 9.05 Å². The Balaban J connectivity index is 1.23. The molecule has 0 saturated heterocycles. The van der Waals surface area contributed by atoms with Crippen molar-refractivity contribution in [2.45, 2.75) is 6.92 Å². The van der Waals surface area contributed by atoms with Gasteiger partial charge >= 0.3 is 6.85 Å². The van der Waals surface area contributed by atoms with Gasteiger partial charge in [-0.1, -0.05) is 133 Å². The third-order valence-electron chi connectivity index (χ3n) is 12.6. The summed E-state index contributed by atoms with van der Waals surface area (Å²) >= 11 is 0.